The van der Waals surface area contributed by atoms with Crippen molar-refractivity contribution in [3.05, 3.63) is 0 Å². The summed E-state index contributed by atoms with van der Waals surface area (Å²) in [5.41, 5.74) is 0. The van der Waals surface area contributed by atoms with Crippen molar-refractivity contribution in [1.82, 2.24) is 20.4 Å². The van der Waals surface area contributed by atoms with E-state index in [9.17, 15) is 4.79 Å². The molecule has 0 spiro atoms. The minimum atomic E-state index is 0. The van der Waals surface area contributed by atoms with Gasteiger partial charge in [0.1, 0.15) is 6.54 Å². The normalized spacial score (nSPS) is 11.7. The Kier molecular flexibility index (Phi) is 16.7. The monoisotopic (exact) mass is 469 g/mol. The first kappa shape index (κ1) is 26.7. The minimum absolute atomic E-state index is 0. The van der Waals surface area contributed by atoms with Crippen LogP contribution in [0.1, 0.15) is 53.9 Å². The third-order valence-corrected chi connectivity index (χ3v) is 3.91. The van der Waals surface area contributed by atoms with E-state index < -0.39 is 0 Å². The summed E-state index contributed by atoms with van der Waals surface area (Å²) in [7, 11) is 3.50. The van der Waals surface area contributed by atoms with E-state index in [1.165, 1.54) is 0 Å². The molecule has 0 saturated heterocycles. The lowest BCUT2D eigenvalue weighted by molar-refractivity contribution is -0.127. The van der Waals surface area contributed by atoms with E-state index in [4.69, 9.17) is 0 Å². The van der Waals surface area contributed by atoms with E-state index >= 15 is 0 Å². The number of carbonyl (C=O) groups excluding carboxylic acids is 1. The van der Waals surface area contributed by atoms with Crippen molar-refractivity contribution in [2.45, 2.75) is 66.0 Å². The summed E-state index contributed by atoms with van der Waals surface area (Å²) >= 11 is 0. The summed E-state index contributed by atoms with van der Waals surface area (Å²) in [6.07, 6.45) is 3.28. The van der Waals surface area contributed by atoms with Gasteiger partial charge in [-0.3, -0.25) is 9.69 Å². The fourth-order valence-corrected chi connectivity index (χ4v) is 2.43. The van der Waals surface area contributed by atoms with Crippen LogP contribution < -0.4 is 10.6 Å². The van der Waals surface area contributed by atoms with Gasteiger partial charge in [-0.2, -0.15) is 0 Å². The zero-order valence-electron chi connectivity index (χ0n) is 17.3. The van der Waals surface area contributed by atoms with Crippen molar-refractivity contribution in [2.75, 3.05) is 40.3 Å². The predicted octanol–water partition coefficient (Wildman–Crippen LogP) is 2.54. The number of nitrogens with zero attached hydrogens (tertiary/aromatic N) is 3. The van der Waals surface area contributed by atoms with Gasteiger partial charge < -0.3 is 15.5 Å². The summed E-state index contributed by atoms with van der Waals surface area (Å²) < 4.78 is 0. The number of aliphatic imine (C=N–C) groups is 1. The SMILES string of the molecule is CCCCNC(=NCC(=O)N(C)C)NCCCN(C(C)C)C(C)C.I. The number of hydrogen-bond donors (Lipinski definition) is 2. The summed E-state index contributed by atoms with van der Waals surface area (Å²) in [5.74, 6) is 0.747. The molecule has 0 aromatic carbocycles. The average molecular weight is 469 g/mol. The minimum Gasteiger partial charge on any atom is -0.356 e. The molecule has 0 aliphatic carbocycles. The van der Waals surface area contributed by atoms with Crippen LogP contribution in [0.5, 0.6) is 0 Å². The van der Waals surface area contributed by atoms with Crippen molar-refractivity contribution in [3.63, 3.8) is 0 Å². The molecule has 0 fully saturated rings. The Morgan fingerprint density at radius 2 is 1.52 bits per heavy atom. The van der Waals surface area contributed by atoms with Crippen LogP contribution in [0.15, 0.2) is 4.99 Å². The highest BCUT2D eigenvalue weighted by molar-refractivity contribution is 14.0. The van der Waals surface area contributed by atoms with Gasteiger partial charge in [-0.25, -0.2) is 4.99 Å². The zero-order valence-corrected chi connectivity index (χ0v) is 19.6. The molecule has 0 aliphatic rings. The van der Waals surface area contributed by atoms with Crippen molar-refractivity contribution in [2.24, 2.45) is 4.99 Å². The molecule has 2 N–H and O–H groups in total. The van der Waals surface area contributed by atoms with Crippen molar-refractivity contribution in [3.8, 4) is 0 Å². The first-order valence-corrected chi connectivity index (χ1v) is 9.27. The number of nitrogens with one attached hydrogen (secondary N) is 2. The van der Waals surface area contributed by atoms with Gasteiger partial charge in [0.25, 0.3) is 0 Å². The first-order chi connectivity index (χ1) is 11.3. The second kappa shape index (κ2) is 15.7. The van der Waals surface area contributed by atoms with E-state index in [2.05, 4.69) is 55.1 Å². The van der Waals surface area contributed by atoms with Gasteiger partial charge >= 0.3 is 0 Å². The van der Waals surface area contributed by atoms with Crippen LogP contribution in [-0.4, -0.2) is 74.0 Å². The smallest absolute Gasteiger partial charge is 0.243 e. The Bertz CT molecular complexity index is 364. The van der Waals surface area contributed by atoms with Crippen LogP contribution in [0.4, 0.5) is 0 Å². The third-order valence-electron chi connectivity index (χ3n) is 3.91. The Labute approximate surface area is 172 Å². The van der Waals surface area contributed by atoms with Crippen LogP contribution in [0.3, 0.4) is 0 Å². The molecule has 7 heteroatoms. The topological polar surface area (TPSA) is 60.0 Å². The Morgan fingerprint density at radius 1 is 1.00 bits per heavy atom. The Hall–Kier alpha value is -0.570. The Balaban J connectivity index is 0. The molecule has 6 nitrogen and oxygen atoms in total. The highest BCUT2D eigenvalue weighted by atomic mass is 127. The van der Waals surface area contributed by atoms with Crippen molar-refractivity contribution < 1.29 is 4.79 Å². The molecule has 150 valence electrons. The molecule has 0 unspecified atom stereocenters. The van der Waals surface area contributed by atoms with Gasteiger partial charge in [0.2, 0.25) is 5.91 Å². The lowest BCUT2D eigenvalue weighted by Crippen LogP contribution is -2.42. The molecule has 1 amide bonds. The van der Waals surface area contributed by atoms with Crippen LogP contribution in [0.25, 0.3) is 0 Å². The van der Waals surface area contributed by atoms with Crippen molar-refractivity contribution >= 4 is 35.8 Å². The van der Waals surface area contributed by atoms with Gasteiger partial charge in [0, 0.05) is 45.8 Å². The molecule has 0 rings (SSSR count). The molecule has 25 heavy (non-hydrogen) atoms. The number of halogens is 1. The van der Waals surface area contributed by atoms with Gasteiger partial charge in [-0.05, 0) is 40.5 Å². The van der Waals surface area contributed by atoms with Crippen LogP contribution in [-0.2, 0) is 4.79 Å². The molecule has 0 radical (unpaired) electrons. The van der Waals surface area contributed by atoms with E-state index in [-0.39, 0.29) is 36.4 Å². The maximum atomic E-state index is 11.7. The summed E-state index contributed by atoms with van der Waals surface area (Å²) in [6, 6.07) is 1.11. The number of likely N-dealkylation sites (N-methyl/N-ethyl adjacent to an activating group) is 1. The number of carbonyl (C=O) groups is 1. The molecule has 0 bridgehead atoms. The van der Waals surface area contributed by atoms with E-state index in [1.54, 1.807) is 19.0 Å². The standard InChI is InChI=1S/C18H39N5O.HI/c1-8-9-11-19-18(21-14-17(24)22(6)7)20-12-10-13-23(15(2)3)16(4)5;/h15-16H,8-14H2,1-7H3,(H2,19,20,21);1H. The number of unbranched alkanes of at least 4 members (excludes halogenated alkanes) is 1. The largest absolute Gasteiger partial charge is 0.356 e. The summed E-state index contributed by atoms with van der Waals surface area (Å²) in [4.78, 5) is 20.1. The number of rotatable bonds is 11. The van der Waals surface area contributed by atoms with Crippen molar-refractivity contribution in [1.29, 1.82) is 0 Å². The molecule has 0 saturated carbocycles. The van der Waals surface area contributed by atoms with Crippen LogP contribution in [0, 0.1) is 0 Å². The number of amides is 1. The lowest BCUT2D eigenvalue weighted by atomic mass is 10.2. The first-order valence-electron chi connectivity index (χ1n) is 9.27. The molecule has 0 aromatic rings. The molecule has 0 aromatic heterocycles. The van der Waals surface area contributed by atoms with E-state index in [1.807, 2.05) is 0 Å². The molecular weight excluding hydrogens is 429 g/mol. The second-order valence-electron chi connectivity index (χ2n) is 6.94. The fraction of sp³-hybridized carbons (Fsp3) is 0.889. The average Bonchev–Trinajstić information content (AvgIpc) is 2.50. The maximum Gasteiger partial charge on any atom is 0.243 e. The maximum absolute atomic E-state index is 11.7. The predicted molar refractivity (Wildman–Crippen MR) is 119 cm³/mol. The van der Waals surface area contributed by atoms with Crippen LogP contribution >= 0.6 is 24.0 Å². The Morgan fingerprint density at radius 3 is 1.96 bits per heavy atom. The van der Waals surface area contributed by atoms with E-state index in [0.29, 0.717) is 12.1 Å². The number of hydrogen-bond acceptors (Lipinski definition) is 3. The summed E-state index contributed by atoms with van der Waals surface area (Å²) in [5, 5.41) is 6.65. The fourth-order valence-electron chi connectivity index (χ4n) is 2.43. The third kappa shape index (κ3) is 13.3. The molecular formula is C18H40IN5O. The highest BCUT2D eigenvalue weighted by Crippen LogP contribution is 2.05. The van der Waals surface area contributed by atoms with Gasteiger partial charge in [-0.1, -0.05) is 13.3 Å². The summed E-state index contributed by atoms with van der Waals surface area (Å²) in [6.45, 7) is 14.1. The van der Waals surface area contributed by atoms with E-state index in [0.717, 1.165) is 44.9 Å². The lowest BCUT2D eigenvalue weighted by Gasteiger charge is -2.30. The van der Waals surface area contributed by atoms with Crippen LogP contribution in [0.2, 0.25) is 0 Å². The van der Waals surface area contributed by atoms with Gasteiger partial charge in [0.15, 0.2) is 5.96 Å². The molecule has 0 aliphatic heterocycles. The highest BCUT2D eigenvalue weighted by Gasteiger charge is 2.12. The number of guanidine groups is 1. The zero-order chi connectivity index (χ0) is 18.5. The quantitative estimate of drug-likeness (QED) is 0.211. The molecule has 0 atom stereocenters. The second-order valence-corrected chi connectivity index (χ2v) is 6.94. The molecule has 0 heterocycles. The van der Waals surface area contributed by atoms with Gasteiger partial charge in [0.05, 0.1) is 0 Å². The van der Waals surface area contributed by atoms with Gasteiger partial charge in [-0.15, -0.1) is 24.0 Å².